The summed E-state index contributed by atoms with van der Waals surface area (Å²) in [6.07, 6.45) is 2.60. The van der Waals surface area contributed by atoms with Gasteiger partial charge in [0.2, 0.25) is 15.9 Å². The Morgan fingerprint density at radius 2 is 1.95 bits per heavy atom. The van der Waals surface area contributed by atoms with E-state index in [2.05, 4.69) is 25.3 Å². The van der Waals surface area contributed by atoms with Crippen molar-refractivity contribution in [2.24, 2.45) is 5.92 Å². The summed E-state index contributed by atoms with van der Waals surface area (Å²) in [5.74, 6) is 1.39. The molecule has 4 heterocycles. The van der Waals surface area contributed by atoms with Crippen LogP contribution in [-0.2, 0) is 21.4 Å². The maximum absolute atomic E-state index is 13.4. The molecule has 41 heavy (non-hydrogen) atoms. The normalized spacial score (nSPS) is 18.4. The SMILES string of the molecule is CNS(=O)(=O)c1cc(-c2sc(Nc3cccc(N4CCNCCC4=O)n3)nc2C)cc2c1C(=O)N([C@@H](C)C1CC1)C2. The number of nitrogens with one attached hydrogen (secondary N) is 3. The molecule has 3 N–H and O–H groups in total. The fourth-order valence-corrected chi connectivity index (χ4v) is 7.49. The highest BCUT2D eigenvalue weighted by atomic mass is 32.2. The summed E-state index contributed by atoms with van der Waals surface area (Å²) < 4.78 is 28.6. The van der Waals surface area contributed by atoms with E-state index in [1.165, 1.54) is 18.4 Å². The molecule has 0 spiro atoms. The standard InChI is InChI=1S/C28H33N7O4S2/c1-16-26(40-28(31-16)33-22-5-4-6-23(32-22)34-12-11-30-10-9-24(34)36)19-13-20-15-35(17(2)18-7-8-18)27(37)25(20)21(14-19)41(38,39)29-3/h4-6,13-14,17-18,29-30H,7-12,15H2,1-3H3,(H,31,32,33)/t17-/m0/s1. The van der Waals surface area contributed by atoms with E-state index in [1.807, 2.05) is 38.1 Å². The Morgan fingerprint density at radius 3 is 2.71 bits per heavy atom. The van der Waals surface area contributed by atoms with Crippen molar-refractivity contribution in [3.05, 3.63) is 47.2 Å². The smallest absolute Gasteiger partial charge is 0.256 e. The first-order valence-electron chi connectivity index (χ1n) is 13.8. The number of aryl methyl sites for hydroxylation is 1. The molecule has 1 saturated carbocycles. The molecule has 1 aliphatic carbocycles. The molecule has 0 radical (unpaired) electrons. The number of benzene rings is 1. The molecule has 1 atom stereocenters. The number of carbonyl (C=O) groups excluding carboxylic acids is 2. The molecule has 13 heteroatoms. The molecule has 11 nitrogen and oxygen atoms in total. The van der Waals surface area contributed by atoms with Gasteiger partial charge in [-0.05, 0) is 75.0 Å². The highest BCUT2D eigenvalue weighted by molar-refractivity contribution is 7.89. The van der Waals surface area contributed by atoms with Gasteiger partial charge in [0, 0.05) is 38.6 Å². The van der Waals surface area contributed by atoms with Crippen molar-refractivity contribution in [1.29, 1.82) is 0 Å². The Hall–Kier alpha value is -3.39. The first-order valence-corrected chi connectivity index (χ1v) is 16.1. The molecular formula is C28H33N7O4S2. The van der Waals surface area contributed by atoms with Crippen molar-refractivity contribution in [3.63, 3.8) is 0 Å². The Kier molecular flexibility index (Phi) is 7.30. The van der Waals surface area contributed by atoms with Crippen LogP contribution in [0, 0.1) is 12.8 Å². The average molecular weight is 596 g/mol. The number of fused-ring (bicyclic) bond motifs is 1. The number of anilines is 3. The average Bonchev–Trinajstić information content (AvgIpc) is 3.71. The summed E-state index contributed by atoms with van der Waals surface area (Å²) >= 11 is 1.38. The molecule has 2 fully saturated rings. The maximum atomic E-state index is 13.4. The summed E-state index contributed by atoms with van der Waals surface area (Å²) in [4.78, 5) is 39.6. The van der Waals surface area contributed by atoms with Gasteiger partial charge in [-0.3, -0.25) is 14.5 Å². The topological polar surface area (TPSA) is 137 Å². The monoisotopic (exact) mass is 595 g/mol. The summed E-state index contributed by atoms with van der Waals surface area (Å²) in [5.41, 5.74) is 2.39. The number of nitrogens with zero attached hydrogens (tertiary/aromatic N) is 4. The van der Waals surface area contributed by atoms with Crippen LogP contribution in [0.2, 0.25) is 0 Å². The summed E-state index contributed by atoms with van der Waals surface area (Å²) in [6.45, 7) is 6.20. The summed E-state index contributed by atoms with van der Waals surface area (Å²) in [7, 11) is -2.54. The Labute approximate surface area is 243 Å². The van der Waals surface area contributed by atoms with E-state index < -0.39 is 10.0 Å². The predicted molar refractivity (Wildman–Crippen MR) is 158 cm³/mol. The first-order chi connectivity index (χ1) is 19.7. The van der Waals surface area contributed by atoms with Crippen LogP contribution in [0.5, 0.6) is 0 Å². The number of sulfonamides is 1. The zero-order valence-corrected chi connectivity index (χ0v) is 24.9. The van der Waals surface area contributed by atoms with Crippen molar-refractivity contribution < 1.29 is 18.0 Å². The lowest BCUT2D eigenvalue weighted by molar-refractivity contribution is -0.118. The number of pyridine rings is 1. The third-order valence-electron chi connectivity index (χ3n) is 7.99. The van der Waals surface area contributed by atoms with Crippen LogP contribution in [0.3, 0.4) is 0 Å². The van der Waals surface area contributed by atoms with E-state index in [4.69, 9.17) is 0 Å². The molecule has 2 aromatic heterocycles. The summed E-state index contributed by atoms with van der Waals surface area (Å²) in [6, 6.07) is 9.04. The largest absolute Gasteiger partial charge is 0.331 e. The van der Waals surface area contributed by atoms with Gasteiger partial charge in [0.25, 0.3) is 5.91 Å². The van der Waals surface area contributed by atoms with E-state index in [9.17, 15) is 18.0 Å². The zero-order chi connectivity index (χ0) is 28.9. The molecular weight excluding hydrogens is 562 g/mol. The van der Waals surface area contributed by atoms with Crippen LogP contribution >= 0.6 is 11.3 Å². The fourth-order valence-electron chi connectivity index (χ4n) is 5.54. The van der Waals surface area contributed by atoms with Crippen molar-refractivity contribution in [2.75, 3.05) is 36.9 Å². The van der Waals surface area contributed by atoms with Crippen molar-refractivity contribution >= 4 is 49.9 Å². The van der Waals surface area contributed by atoms with Gasteiger partial charge >= 0.3 is 0 Å². The number of thiazole rings is 1. The van der Waals surface area contributed by atoms with Gasteiger partial charge in [-0.25, -0.2) is 23.1 Å². The van der Waals surface area contributed by atoms with E-state index in [1.54, 1.807) is 15.9 Å². The molecule has 1 saturated heterocycles. The van der Waals surface area contributed by atoms with Gasteiger partial charge in [-0.15, -0.1) is 0 Å². The number of hydrogen-bond donors (Lipinski definition) is 3. The first kappa shape index (κ1) is 27.8. The molecule has 1 aromatic carbocycles. The molecule has 0 unspecified atom stereocenters. The van der Waals surface area contributed by atoms with E-state index in [0.717, 1.165) is 23.4 Å². The minimum Gasteiger partial charge on any atom is -0.331 e. The lowest BCUT2D eigenvalue weighted by Crippen LogP contribution is -2.35. The third-order valence-corrected chi connectivity index (χ3v) is 10.5. The Morgan fingerprint density at radius 1 is 1.15 bits per heavy atom. The Bertz CT molecular complexity index is 1630. The Balaban J connectivity index is 1.32. The quantitative estimate of drug-likeness (QED) is 0.361. The lowest BCUT2D eigenvalue weighted by atomic mass is 10.0. The predicted octanol–water partition coefficient (Wildman–Crippen LogP) is 3.25. The third kappa shape index (κ3) is 5.34. The van der Waals surface area contributed by atoms with Gasteiger partial charge in [0.05, 0.1) is 21.0 Å². The van der Waals surface area contributed by atoms with Crippen LogP contribution in [0.4, 0.5) is 16.8 Å². The van der Waals surface area contributed by atoms with Crippen LogP contribution < -0.4 is 20.3 Å². The number of hydrogen-bond acceptors (Lipinski definition) is 9. The van der Waals surface area contributed by atoms with Crippen LogP contribution in [0.15, 0.2) is 35.2 Å². The highest BCUT2D eigenvalue weighted by Crippen LogP contribution is 2.42. The van der Waals surface area contributed by atoms with Crippen LogP contribution in [0.25, 0.3) is 10.4 Å². The molecule has 0 bridgehead atoms. The van der Waals surface area contributed by atoms with Crippen LogP contribution in [0.1, 0.15) is 47.8 Å². The second-order valence-electron chi connectivity index (χ2n) is 10.7. The number of aromatic nitrogens is 2. The molecule has 6 rings (SSSR count). The molecule has 2 amide bonds. The second kappa shape index (κ2) is 10.8. The number of amides is 2. The maximum Gasteiger partial charge on any atom is 0.256 e. The molecule has 3 aromatic rings. The molecule has 3 aliphatic rings. The van der Waals surface area contributed by atoms with Gasteiger partial charge in [-0.2, -0.15) is 0 Å². The summed E-state index contributed by atoms with van der Waals surface area (Å²) in [5, 5.41) is 7.07. The van der Waals surface area contributed by atoms with Gasteiger partial charge < -0.3 is 15.5 Å². The van der Waals surface area contributed by atoms with E-state index in [0.29, 0.717) is 66.4 Å². The van der Waals surface area contributed by atoms with Crippen molar-refractivity contribution in [1.82, 2.24) is 24.9 Å². The second-order valence-corrected chi connectivity index (χ2v) is 13.6. The fraction of sp³-hybridized carbons (Fsp3) is 0.429. The zero-order valence-electron chi connectivity index (χ0n) is 23.2. The van der Waals surface area contributed by atoms with E-state index >= 15 is 0 Å². The minimum absolute atomic E-state index is 0.00344. The van der Waals surface area contributed by atoms with Crippen molar-refractivity contribution in [3.8, 4) is 10.4 Å². The van der Waals surface area contributed by atoms with Gasteiger partial charge in [0.15, 0.2) is 5.13 Å². The van der Waals surface area contributed by atoms with Crippen LogP contribution in [-0.4, -0.2) is 67.8 Å². The minimum atomic E-state index is -3.89. The highest BCUT2D eigenvalue weighted by Gasteiger charge is 2.41. The number of rotatable bonds is 8. The van der Waals surface area contributed by atoms with Gasteiger partial charge in [-0.1, -0.05) is 17.4 Å². The lowest BCUT2D eigenvalue weighted by Gasteiger charge is -2.24. The van der Waals surface area contributed by atoms with Crippen molar-refractivity contribution in [2.45, 2.75) is 50.6 Å². The molecule has 216 valence electrons. The molecule has 2 aliphatic heterocycles. The van der Waals surface area contributed by atoms with Gasteiger partial charge in [0.1, 0.15) is 11.6 Å². The number of carbonyl (C=O) groups is 2. The van der Waals surface area contributed by atoms with E-state index in [-0.39, 0.29) is 28.3 Å².